The van der Waals surface area contributed by atoms with Gasteiger partial charge >= 0.3 is 0 Å². The van der Waals surface area contributed by atoms with Crippen LogP contribution in [-0.4, -0.2) is 17.4 Å². The lowest BCUT2D eigenvalue weighted by Crippen LogP contribution is -2.19. The first kappa shape index (κ1) is 17.8. The third kappa shape index (κ3) is 6.20. The van der Waals surface area contributed by atoms with Crippen molar-refractivity contribution in [1.82, 2.24) is 5.43 Å². The number of hydrogen-bond acceptors (Lipinski definition) is 3. The van der Waals surface area contributed by atoms with Crippen molar-refractivity contribution in [2.45, 2.75) is 25.2 Å². The number of rotatable bonds is 6. The van der Waals surface area contributed by atoms with Crippen LogP contribution < -0.4 is 5.43 Å². The highest BCUT2D eigenvalue weighted by atomic mass is 79.9. The molecule has 23 heavy (non-hydrogen) atoms. The number of halogens is 1. The summed E-state index contributed by atoms with van der Waals surface area (Å²) in [5, 5.41) is 4.15. The zero-order valence-electron chi connectivity index (χ0n) is 13.2. The van der Waals surface area contributed by atoms with E-state index in [0.717, 1.165) is 21.5 Å². The minimum Gasteiger partial charge on any atom is -0.273 e. The van der Waals surface area contributed by atoms with Gasteiger partial charge in [-0.1, -0.05) is 45.8 Å². The maximum Gasteiger partial charge on any atom is 0.240 e. The molecule has 2 aromatic rings. The van der Waals surface area contributed by atoms with Crippen LogP contribution in [0.15, 0.2) is 63.0 Å². The molecule has 0 unspecified atom stereocenters. The molecule has 2 rings (SSSR count). The molecule has 2 aromatic carbocycles. The summed E-state index contributed by atoms with van der Waals surface area (Å²) in [6.45, 7) is 3.94. The number of carbonyl (C=O) groups is 1. The van der Waals surface area contributed by atoms with E-state index in [-0.39, 0.29) is 5.91 Å². The van der Waals surface area contributed by atoms with Crippen molar-refractivity contribution < 1.29 is 4.79 Å². The van der Waals surface area contributed by atoms with Crippen molar-refractivity contribution in [2.24, 2.45) is 5.10 Å². The molecule has 0 heterocycles. The lowest BCUT2D eigenvalue weighted by Gasteiger charge is -2.04. The molecular formula is C18H19BrN2OS. The highest BCUT2D eigenvalue weighted by Gasteiger charge is 2.02. The van der Waals surface area contributed by atoms with E-state index >= 15 is 0 Å². The van der Waals surface area contributed by atoms with Crippen LogP contribution >= 0.6 is 27.7 Å². The fourth-order valence-corrected chi connectivity index (χ4v) is 2.97. The Kier molecular flexibility index (Phi) is 6.86. The van der Waals surface area contributed by atoms with Crippen LogP contribution in [-0.2, 0) is 4.79 Å². The Morgan fingerprint density at radius 1 is 1.13 bits per heavy atom. The summed E-state index contributed by atoms with van der Waals surface area (Å²) in [6.07, 6.45) is 0.440. The molecule has 3 nitrogen and oxygen atoms in total. The number of hydrogen-bond donors (Lipinski definition) is 1. The van der Waals surface area contributed by atoms with Gasteiger partial charge in [0.25, 0.3) is 0 Å². The molecular weight excluding hydrogens is 372 g/mol. The van der Waals surface area contributed by atoms with Gasteiger partial charge in [0.1, 0.15) is 0 Å². The molecule has 0 radical (unpaired) electrons. The van der Waals surface area contributed by atoms with Gasteiger partial charge in [0.15, 0.2) is 0 Å². The number of benzene rings is 2. The number of carbonyl (C=O) groups excluding carboxylic acids is 1. The van der Waals surface area contributed by atoms with Crippen LogP contribution in [0, 0.1) is 6.92 Å². The molecule has 0 saturated carbocycles. The smallest absolute Gasteiger partial charge is 0.240 e. The first-order chi connectivity index (χ1) is 11.0. The lowest BCUT2D eigenvalue weighted by molar-refractivity contribution is -0.120. The summed E-state index contributed by atoms with van der Waals surface area (Å²) >= 11 is 5.07. The van der Waals surface area contributed by atoms with Gasteiger partial charge in [-0.15, -0.1) is 11.8 Å². The zero-order valence-corrected chi connectivity index (χ0v) is 15.6. The van der Waals surface area contributed by atoms with Gasteiger partial charge < -0.3 is 0 Å². The fraction of sp³-hybridized carbons (Fsp3) is 0.222. The van der Waals surface area contributed by atoms with Gasteiger partial charge in [0.2, 0.25) is 5.91 Å². The van der Waals surface area contributed by atoms with Crippen molar-refractivity contribution in [2.75, 3.05) is 5.75 Å². The first-order valence-electron chi connectivity index (χ1n) is 7.33. The standard InChI is InChI=1S/C18H19BrN2OS/c1-13-3-9-17(10-4-13)23-12-11-18(22)21-20-14(2)15-5-7-16(19)8-6-15/h3-10H,11-12H2,1-2H3,(H,21,22)/b20-14-. The fourth-order valence-electron chi connectivity index (χ4n) is 1.85. The molecule has 5 heteroatoms. The van der Waals surface area contributed by atoms with Crippen molar-refractivity contribution in [3.8, 4) is 0 Å². The summed E-state index contributed by atoms with van der Waals surface area (Å²) in [5.74, 6) is 0.669. The van der Waals surface area contributed by atoms with Gasteiger partial charge in [-0.2, -0.15) is 5.10 Å². The molecule has 0 aliphatic rings. The van der Waals surface area contributed by atoms with E-state index in [0.29, 0.717) is 6.42 Å². The normalized spacial score (nSPS) is 11.3. The summed E-state index contributed by atoms with van der Waals surface area (Å²) in [7, 11) is 0. The van der Waals surface area contributed by atoms with Crippen molar-refractivity contribution >= 4 is 39.3 Å². The van der Waals surface area contributed by atoms with Gasteiger partial charge in [-0.3, -0.25) is 4.79 Å². The van der Waals surface area contributed by atoms with Crippen LogP contribution in [0.25, 0.3) is 0 Å². The SMILES string of the molecule is C/C(=N/NC(=O)CCSc1ccc(C)cc1)c1ccc(Br)cc1. The average Bonchev–Trinajstić information content (AvgIpc) is 2.55. The van der Waals surface area contributed by atoms with Gasteiger partial charge in [-0.25, -0.2) is 5.43 Å². The largest absolute Gasteiger partial charge is 0.273 e. The van der Waals surface area contributed by atoms with E-state index in [9.17, 15) is 4.79 Å². The van der Waals surface area contributed by atoms with Gasteiger partial charge in [-0.05, 0) is 43.7 Å². The van der Waals surface area contributed by atoms with Crippen LogP contribution in [0.5, 0.6) is 0 Å². The second-order valence-electron chi connectivity index (χ2n) is 5.15. The van der Waals surface area contributed by atoms with Crippen molar-refractivity contribution in [3.05, 3.63) is 64.1 Å². The topological polar surface area (TPSA) is 41.5 Å². The quantitative estimate of drug-likeness (QED) is 0.438. The molecule has 0 aliphatic carbocycles. The monoisotopic (exact) mass is 390 g/mol. The van der Waals surface area contributed by atoms with E-state index in [2.05, 4.69) is 57.6 Å². The van der Waals surface area contributed by atoms with Gasteiger partial charge in [0, 0.05) is 21.5 Å². The first-order valence-corrected chi connectivity index (χ1v) is 9.11. The second-order valence-corrected chi connectivity index (χ2v) is 7.23. The molecule has 0 aliphatic heterocycles. The molecule has 0 fully saturated rings. The number of aryl methyl sites for hydroxylation is 1. The molecule has 0 bridgehead atoms. The van der Waals surface area contributed by atoms with Crippen LogP contribution in [0.1, 0.15) is 24.5 Å². The van der Waals surface area contributed by atoms with Crippen LogP contribution in [0.4, 0.5) is 0 Å². The third-order valence-corrected chi connectivity index (χ3v) is 4.77. The molecule has 0 atom stereocenters. The summed E-state index contributed by atoms with van der Waals surface area (Å²) in [4.78, 5) is 13.0. The highest BCUT2D eigenvalue weighted by molar-refractivity contribution is 9.10. The Morgan fingerprint density at radius 2 is 1.78 bits per heavy atom. The molecule has 0 saturated heterocycles. The Hall–Kier alpha value is -1.59. The molecule has 120 valence electrons. The Balaban J connectivity index is 1.77. The van der Waals surface area contributed by atoms with E-state index in [1.165, 1.54) is 10.5 Å². The number of nitrogens with one attached hydrogen (secondary N) is 1. The lowest BCUT2D eigenvalue weighted by atomic mass is 10.1. The molecule has 0 spiro atoms. The highest BCUT2D eigenvalue weighted by Crippen LogP contribution is 2.18. The number of thioether (sulfide) groups is 1. The maximum atomic E-state index is 11.8. The van der Waals surface area contributed by atoms with E-state index in [1.54, 1.807) is 11.8 Å². The zero-order chi connectivity index (χ0) is 16.7. The Morgan fingerprint density at radius 3 is 2.43 bits per heavy atom. The number of amides is 1. The predicted octanol–water partition coefficient (Wildman–Crippen LogP) is 4.78. The van der Waals surface area contributed by atoms with Crippen LogP contribution in [0.3, 0.4) is 0 Å². The van der Waals surface area contributed by atoms with Crippen molar-refractivity contribution in [3.63, 3.8) is 0 Å². The van der Waals surface area contributed by atoms with Crippen molar-refractivity contribution in [1.29, 1.82) is 0 Å². The van der Waals surface area contributed by atoms with Crippen LogP contribution in [0.2, 0.25) is 0 Å². The predicted molar refractivity (Wildman–Crippen MR) is 101 cm³/mol. The summed E-state index contributed by atoms with van der Waals surface area (Å²) in [5.41, 5.74) is 5.63. The maximum absolute atomic E-state index is 11.8. The molecule has 0 aromatic heterocycles. The van der Waals surface area contributed by atoms with E-state index in [1.807, 2.05) is 31.2 Å². The average molecular weight is 391 g/mol. The van der Waals surface area contributed by atoms with E-state index in [4.69, 9.17) is 0 Å². The molecule has 1 N–H and O–H groups in total. The third-order valence-electron chi connectivity index (χ3n) is 3.23. The Labute approximate surface area is 149 Å². The summed E-state index contributed by atoms with van der Waals surface area (Å²) in [6, 6.07) is 16.1. The minimum absolute atomic E-state index is 0.0685. The number of hydrazone groups is 1. The number of nitrogens with zero attached hydrogens (tertiary/aromatic N) is 1. The Bertz CT molecular complexity index is 681. The molecule has 1 amide bonds. The van der Waals surface area contributed by atoms with Gasteiger partial charge in [0.05, 0.1) is 5.71 Å². The minimum atomic E-state index is -0.0685. The second kappa shape index (κ2) is 8.89. The summed E-state index contributed by atoms with van der Waals surface area (Å²) < 4.78 is 1.02. The van der Waals surface area contributed by atoms with E-state index < -0.39 is 0 Å².